The molecule has 2 aromatic rings. The molecule has 0 unspecified atom stereocenters. The first kappa shape index (κ1) is 13.4. The summed E-state index contributed by atoms with van der Waals surface area (Å²) in [6.45, 7) is 2.21. The fraction of sp³-hybridized carbons (Fsp3) is 0.143. The van der Waals surface area contributed by atoms with E-state index in [9.17, 15) is 4.79 Å². The number of nitrogens with zero attached hydrogens (tertiary/aromatic N) is 2. The van der Waals surface area contributed by atoms with Crippen molar-refractivity contribution in [2.24, 2.45) is 0 Å². The Bertz CT molecular complexity index is 652. The maximum absolute atomic E-state index is 11.4. The molecule has 0 aliphatic rings. The lowest BCUT2D eigenvalue weighted by Crippen LogP contribution is -2.14. The lowest BCUT2D eigenvalue weighted by Gasteiger charge is -2.07. The number of carbonyl (C=O) groups excluding carboxylic acids is 1. The topological polar surface area (TPSA) is 46.9 Å². The predicted octanol–water partition coefficient (Wildman–Crippen LogP) is 2.66. The fourth-order valence-electron chi connectivity index (χ4n) is 1.63. The van der Waals surface area contributed by atoms with Crippen LogP contribution in [0, 0.1) is 11.8 Å². The third-order valence-corrected chi connectivity index (χ3v) is 2.91. The molecule has 0 aliphatic carbocycles. The molecule has 0 atom stereocenters. The minimum Gasteiger partial charge on any atom is -0.300 e. The molecule has 2 rings (SSSR count). The smallest absolute Gasteiger partial charge is 0.300 e. The summed E-state index contributed by atoms with van der Waals surface area (Å²) < 4.78 is 2.73. The van der Waals surface area contributed by atoms with Crippen molar-refractivity contribution in [2.75, 3.05) is 5.32 Å². The van der Waals surface area contributed by atoms with Gasteiger partial charge in [0.25, 0.3) is 0 Å². The van der Waals surface area contributed by atoms with Crippen LogP contribution in [0.2, 0.25) is 0 Å². The van der Waals surface area contributed by atoms with Crippen molar-refractivity contribution in [1.82, 2.24) is 9.78 Å². The van der Waals surface area contributed by atoms with Crippen molar-refractivity contribution >= 4 is 27.7 Å². The van der Waals surface area contributed by atoms with E-state index < -0.39 is 0 Å². The number of hydrogen-bond donors (Lipinski definition) is 1. The van der Waals surface area contributed by atoms with E-state index in [2.05, 4.69) is 38.2 Å². The molecular weight excluding hydrogens is 306 g/mol. The molecule has 0 saturated heterocycles. The lowest BCUT2D eigenvalue weighted by molar-refractivity contribution is -0.111. The molecule has 96 valence electrons. The Hall–Kier alpha value is -2.06. The molecule has 4 nitrogen and oxygen atoms in total. The van der Waals surface area contributed by atoms with E-state index in [0.29, 0.717) is 12.4 Å². The van der Waals surface area contributed by atoms with E-state index in [1.165, 1.54) is 0 Å². The molecule has 0 bridgehead atoms. The number of aromatic nitrogens is 2. The highest BCUT2D eigenvalue weighted by atomic mass is 79.9. The zero-order chi connectivity index (χ0) is 13.7. The van der Waals surface area contributed by atoms with Crippen LogP contribution in [-0.4, -0.2) is 15.7 Å². The van der Waals surface area contributed by atoms with Crippen molar-refractivity contribution in [1.29, 1.82) is 0 Å². The Morgan fingerprint density at radius 3 is 3.05 bits per heavy atom. The SMILES string of the molecule is CC#CC(=O)Nc1ccnn1Cc1cccc(Br)c1. The molecule has 0 fully saturated rings. The number of amides is 1. The average Bonchev–Trinajstić information content (AvgIpc) is 2.77. The molecule has 0 radical (unpaired) electrons. The Kier molecular flexibility index (Phi) is 4.37. The largest absolute Gasteiger partial charge is 0.301 e. The standard InChI is InChI=1S/C14H12BrN3O/c1-2-4-14(19)17-13-7-8-16-18(13)10-11-5-3-6-12(15)9-11/h3,5-9H,10H2,1H3,(H,17,19). The van der Waals surface area contributed by atoms with Gasteiger partial charge in [0.1, 0.15) is 5.82 Å². The molecule has 1 heterocycles. The highest BCUT2D eigenvalue weighted by Gasteiger charge is 2.06. The van der Waals surface area contributed by atoms with Crippen LogP contribution in [0.25, 0.3) is 0 Å². The van der Waals surface area contributed by atoms with Crippen molar-refractivity contribution < 1.29 is 4.79 Å². The second kappa shape index (κ2) is 6.21. The van der Waals surface area contributed by atoms with Gasteiger partial charge in [-0.15, -0.1) is 0 Å². The van der Waals surface area contributed by atoms with Gasteiger partial charge in [-0.3, -0.25) is 10.1 Å². The Morgan fingerprint density at radius 1 is 1.47 bits per heavy atom. The van der Waals surface area contributed by atoms with E-state index in [0.717, 1.165) is 10.0 Å². The molecule has 1 aromatic heterocycles. The van der Waals surface area contributed by atoms with Gasteiger partial charge in [-0.1, -0.05) is 34.0 Å². The molecule has 1 N–H and O–H groups in total. The van der Waals surface area contributed by atoms with Crippen LogP contribution in [0.3, 0.4) is 0 Å². The van der Waals surface area contributed by atoms with Crippen LogP contribution in [0.5, 0.6) is 0 Å². The highest BCUT2D eigenvalue weighted by Crippen LogP contribution is 2.14. The van der Waals surface area contributed by atoms with Gasteiger partial charge in [-0.25, -0.2) is 4.68 Å². The maximum atomic E-state index is 11.4. The van der Waals surface area contributed by atoms with E-state index >= 15 is 0 Å². The van der Waals surface area contributed by atoms with Crippen LogP contribution < -0.4 is 5.32 Å². The average molecular weight is 318 g/mol. The summed E-state index contributed by atoms with van der Waals surface area (Å²) in [5.74, 6) is 5.29. The second-order valence-corrected chi connectivity index (χ2v) is 4.75. The summed E-state index contributed by atoms with van der Waals surface area (Å²) in [5, 5.41) is 6.90. The first-order chi connectivity index (χ1) is 9.19. The molecular formula is C14H12BrN3O. The molecule has 0 saturated carbocycles. The molecule has 0 spiro atoms. The highest BCUT2D eigenvalue weighted by molar-refractivity contribution is 9.10. The Morgan fingerprint density at radius 2 is 2.32 bits per heavy atom. The second-order valence-electron chi connectivity index (χ2n) is 3.83. The minimum atomic E-state index is -0.335. The van der Waals surface area contributed by atoms with Gasteiger partial charge in [0.15, 0.2) is 0 Å². The van der Waals surface area contributed by atoms with Crippen LogP contribution in [0.1, 0.15) is 12.5 Å². The third kappa shape index (κ3) is 3.70. The van der Waals surface area contributed by atoms with Gasteiger partial charge in [0.2, 0.25) is 0 Å². The fourth-order valence-corrected chi connectivity index (χ4v) is 2.08. The predicted molar refractivity (Wildman–Crippen MR) is 77.6 cm³/mol. The van der Waals surface area contributed by atoms with Gasteiger partial charge < -0.3 is 0 Å². The molecule has 19 heavy (non-hydrogen) atoms. The van der Waals surface area contributed by atoms with E-state index in [1.54, 1.807) is 23.9 Å². The quantitative estimate of drug-likeness (QED) is 0.885. The number of anilines is 1. The number of nitrogens with one attached hydrogen (secondary N) is 1. The molecule has 1 amide bonds. The molecule has 0 aliphatic heterocycles. The monoisotopic (exact) mass is 317 g/mol. The summed E-state index contributed by atoms with van der Waals surface area (Å²) in [4.78, 5) is 11.4. The third-order valence-electron chi connectivity index (χ3n) is 2.42. The number of benzene rings is 1. The number of halogens is 1. The van der Waals surface area contributed by atoms with Gasteiger partial charge in [-0.05, 0) is 30.5 Å². The van der Waals surface area contributed by atoms with Crippen LogP contribution in [0.4, 0.5) is 5.82 Å². The zero-order valence-corrected chi connectivity index (χ0v) is 11.9. The van der Waals surface area contributed by atoms with E-state index in [-0.39, 0.29) is 5.91 Å². The first-order valence-electron chi connectivity index (χ1n) is 5.69. The molecule has 1 aromatic carbocycles. The maximum Gasteiger partial charge on any atom is 0.301 e. The number of carbonyl (C=O) groups is 1. The number of rotatable bonds is 3. The van der Waals surface area contributed by atoms with Crippen LogP contribution in [-0.2, 0) is 11.3 Å². The van der Waals surface area contributed by atoms with Gasteiger partial charge in [0, 0.05) is 10.5 Å². The van der Waals surface area contributed by atoms with Gasteiger partial charge >= 0.3 is 5.91 Å². The van der Waals surface area contributed by atoms with E-state index in [4.69, 9.17) is 0 Å². The first-order valence-corrected chi connectivity index (χ1v) is 6.48. The summed E-state index contributed by atoms with van der Waals surface area (Å²) in [6.07, 6.45) is 1.65. The summed E-state index contributed by atoms with van der Waals surface area (Å²) in [5.41, 5.74) is 1.09. The Labute approximate surface area is 119 Å². The molecule has 5 heteroatoms. The van der Waals surface area contributed by atoms with Crippen LogP contribution in [0.15, 0.2) is 41.0 Å². The lowest BCUT2D eigenvalue weighted by atomic mass is 10.2. The summed E-state index contributed by atoms with van der Waals surface area (Å²) >= 11 is 3.43. The van der Waals surface area contributed by atoms with Crippen LogP contribution >= 0.6 is 15.9 Å². The van der Waals surface area contributed by atoms with Gasteiger partial charge in [0.05, 0.1) is 12.7 Å². The zero-order valence-electron chi connectivity index (χ0n) is 10.4. The van der Waals surface area contributed by atoms with Crippen molar-refractivity contribution in [3.63, 3.8) is 0 Å². The summed E-state index contributed by atoms with van der Waals surface area (Å²) in [6, 6.07) is 9.69. The van der Waals surface area contributed by atoms with Crippen molar-refractivity contribution in [3.05, 3.63) is 46.6 Å². The minimum absolute atomic E-state index is 0.335. The number of hydrogen-bond acceptors (Lipinski definition) is 2. The van der Waals surface area contributed by atoms with Crippen molar-refractivity contribution in [2.45, 2.75) is 13.5 Å². The normalized spacial score (nSPS) is 9.58. The van der Waals surface area contributed by atoms with E-state index in [1.807, 2.05) is 24.3 Å². The van der Waals surface area contributed by atoms with Crippen molar-refractivity contribution in [3.8, 4) is 11.8 Å². The summed E-state index contributed by atoms with van der Waals surface area (Å²) in [7, 11) is 0. The Balaban J connectivity index is 2.15. The van der Waals surface area contributed by atoms with Gasteiger partial charge in [-0.2, -0.15) is 5.10 Å².